The molecule has 3 nitrogen and oxygen atoms in total. The number of benzene rings is 1. The third-order valence-electron chi connectivity index (χ3n) is 3.98. The highest BCUT2D eigenvalue weighted by molar-refractivity contribution is 9.10. The van der Waals surface area contributed by atoms with Crippen molar-refractivity contribution in [3.63, 3.8) is 0 Å². The van der Waals surface area contributed by atoms with E-state index in [2.05, 4.69) is 57.9 Å². The first-order chi connectivity index (χ1) is 8.70. The molecule has 0 saturated carbocycles. The molecule has 18 heavy (non-hydrogen) atoms. The van der Waals surface area contributed by atoms with Crippen molar-refractivity contribution >= 4 is 27.0 Å². The molecule has 1 atom stereocenters. The van der Waals surface area contributed by atoms with E-state index in [1.54, 1.807) is 0 Å². The van der Waals surface area contributed by atoms with Gasteiger partial charge in [-0.25, -0.2) is 4.98 Å². The molecule has 1 aromatic carbocycles. The molecule has 1 unspecified atom stereocenters. The van der Waals surface area contributed by atoms with Crippen LogP contribution in [0.3, 0.4) is 0 Å². The van der Waals surface area contributed by atoms with Crippen LogP contribution in [0.25, 0.3) is 11.0 Å². The minimum atomic E-state index is 0.525. The second-order valence-corrected chi connectivity index (χ2v) is 5.97. The van der Waals surface area contributed by atoms with Crippen LogP contribution in [0.4, 0.5) is 0 Å². The Morgan fingerprint density at radius 1 is 1.50 bits per heavy atom. The molecule has 0 bridgehead atoms. The molecular weight excluding hydrogens is 290 g/mol. The van der Waals surface area contributed by atoms with Crippen LogP contribution in [-0.4, -0.2) is 22.6 Å². The second-order valence-electron chi connectivity index (χ2n) is 5.05. The van der Waals surface area contributed by atoms with Crippen molar-refractivity contribution in [2.75, 3.05) is 13.1 Å². The number of nitrogens with zero attached hydrogens (tertiary/aromatic N) is 2. The number of aryl methyl sites for hydroxylation is 1. The lowest BCUT2D eigenvalue weighted by Gasteiger charge is -2.32. The minimum absolute atomic E-state index is 0.525. The Kier molecular flexibility index (Phi) is 3.16. The van der Waals surface area contributed by atoms with E-state index in [0.29, 0.717) is 5.92 Å². The van der Waals surface area contributed by atoms with Crippen molar-refractivity contribution in [1.82, 2.24) is 14.9 Å². The van der Waals surface area contributed by atoms with Gasteiger partial charge in [0.2, 0.25) is 0 Å². The van der Waals surface area contributed by atoms with Crippen LogP contribution in [0.2, 0.25) is 0 Å². The average Bonchev–Trinajstić information content (AvgIpc) is 2.63. The monoisotopic (exact) mass is 307 g/mol. The molecule has 0 amide bonds. The molecule has 1 fully saturated rings. The van der Waals surface area contributed by atoms with Crippen LogP contribution >= 0.6 is 15.9 Å². The molecule has 0 radical (unpaired) electrons. The van der Waals surface area contributed by atoms with Crippen LogP contribution in [0.15, 0.2) is 22.7 Å². The molecule has 3 rings (SSSR count). The van der Waals surface area contributed by atoms with E-state index in [4.69, 9.17) is 4.98 Å². The number of aromatic nitrogens is 2. The number of hydrogen-bond acceptors (Lipinski definition) is 2. The summed E-state index contributed by atoms with van der Waals surface area (Å²) in [4.78, 5) is 4.85. The summed E-state index contributed by atoms with van der Waals surface area (Å²) in [6, 6.07) is 6.36. The molecule has 1 aromatic heterocycles. The summed E-state index contributed by atoms with van der Waals surface area (Å²) in [5.41, 5.74) is 2.34. The topological polar surface area (TPSA) is 29.9 Å². The lowest BCUT2D eigenvalue weighted by atomic mass is 9.88. The summed E-state index contributed by atoms with van der Waals surface area (Å²) in [5.74, 6) is 2.49. The normalized spacial score (nSPS) is 17.9. The maximum Gasteiger partial charge on any atom is 0.113 e. The number of hydrogen-bond donors (Lipinski definition) is 1. The summed E-state index contributed by atoms with van der Waals surface area (Å²) < 4.78 is 3.45. The van der Waals surface area contributed by atoms with E-state index in [1.165, 1.54) is 11.3 Å². The number of imidazole rings is 1. The third-order valence-corrected chi connectivity index (χ3v) is 4.48. The highest BCUT2D eigenvalue weighted by Crippen LogP contribution is 2.30. The molecular formula is C14H18BrN3. The first kappa shape index (κ1) is 12.2. The zero-order valence-corrected chi connectivity index (χ0v) is 12.4. The summed E-state index contributed by atoms with van der Waals surface area (Å²) in [6.07, 6.45) is 0. The Morgan fingerprint density at radius 3 is 2.89 bits per heavy atom. The molecule has 96 valence electrons. The number of rotatable bonds is 3. The summed E-state index contributed by atoms with van der Waals surface area (Å²) in [7, 11) is 0. The van der Waals surface area contributed by atoms with Gasteiger partial charge < -0.3 is 9.88 Å². The highest BCUT2D eigenvalue weighted by atomic mass is 79.9. The smallest absolute Gasteiger partial charge is 0.113 e. The minimum Gasteiger partial charge on any atom is -0.328 e. The van der Waals surface area contributed by atoms with Crippen LogP contribution in [0, 0.1) is 5.92 Å². The number of nitrogens with one attached hydrogen (secondary N) is 1. The van der Waals surface area contributed by atoms with E-state index in [0.717, 1.165) is 35.5 Å². The first-order valence-corrected chi connectivity index (χ1v) is 7.36. The lowest BCUT2D eigenvalue weighted by Crippen LogP contribution is -2.45. The van der Waals surface area contributed by atoms with E-state index in [1.807, 2.05) is 0 Å². The predicted octanol–water partition coefficient (Wildman–Crippen LogP) is 3.14. The first-order valence-electron chi connectivity index (χ1n) is 6.57. The Hall–Kier alpha value is -0.870. The quantitative estimate of drug-likeness (QED) is 0.944. The SMILES string of the molecule is CCn1c(C(C)C2CNC2)nc2cc(Br)ccc21. The van der Waals surface area contributed by atoms with Crippen molar-refractivity contribution in [3.8, 4) is 0 Å². The average molecular weight is 308 g/mol. The van der Waals surface area contributed by atoms with Crippen molar-refractivity contribution < 1.29 is 0 Å². The van der Waals surface area contributed by atoms with Crippen LogP contribution in [0.1, 0.15) is 25.6 Å². The van der Waals surface area contributed by atoms with Crippen LogP contribution in [-0.2, 0) is 6.54 Å². The molecule has 0 aliphatic carbocycles. The van der Waals surface area contributed by atoms with Crippen molar-refractivity contribution in [1.29, 1.82) is 0 Å². The van der Waals surface area contributed by atoms with Gasteiger partial charge in [-0.3, -0.25) is 0 Å². The molecule has 1 aliphatic heterocycles. The number of fused-ring (bicyclic) bond motifs is 1. The Morgan fingerprint density at radius 2 is 2.28 bits per heavy atom. The zero-order valence-electron chi connectivity index (χ0n) is 10.8. The number of halogens is 1. The van der Waals surface area contributed by atoms with Crippen LogP contribution in [0.5, 0.6) is 0 Å². The molecule has 2 aromatic rings. The Bertz CT molecular complexity index is 572. The van der Waals surface area contributed by atoms with Gasteiger partial charge >= 0.3 is 0 Å². The molecule has 1 aliphatic rings. The van der Waals surface area contributed by atoms with Gasteiger partial charge in [-0.2, -0.15) is 0 Å². The fraction of sp³-hybridized carbons (Fsp3) is 0.500. The highest BCUT2D eigenvalue weighted by Gasteiger charge is 2.28. The van der Waals surface area contributed by atoms with Gasteiger partial charge in [0.05, 0.1) is 11.0 Å². The fourth-order valence-corrected chi connectivity index (χ4v) is 3.03. The maximum atomic E-state index is 4.85. The largest absolute Gasteiger partial charge is 0.328 e. The van der Waals surface area contributed by atoms with Gasteiger partial charge in [0, 0.05) is 16.9 Å². The van der Waals surface area contributed by atoms with Gasteiger partial charge in [-0.1, -0.05) is 22.9 Å². The summed E-state index contributed by atoms with van der Waals surface area (Å²) >= 11 is 3.52. The lowest BCUT2D eigenvalue weighted by molar-refractivity contribution is 0.292. The van der Waals surface area contributed by atoms with Gasteiger partial charge in [-0.05, 0) is 44.1 Å². The Balaban J connectivity index is 2.09. The molecule has 2 heterocycles. The van der Waals surface area contributed by atoms with E-state index in [-0.39, 0.29) is 0 Å². The molecule has 1 saturated heterocycles. The van der Waals surface area contributed by atoms with Gasteiger partial charge in [0.15, 0.2) is 0 Å². The zero-order chi connectivity index (χ0) is 12.7. The Labute approximate surface area is 116 Å². The van der Waals surface area contributed by atoms with Gasteiger partial charge in [0.25, 0.3) is 0 Å². The van der Waals surface area contributed by atoms with Crippen molar-refractivity contribution in [3.05, 3.63) is 28.5 Å². The van der Waals surface area contributed by atoms with E-state index < -0.39 is 0 Å². The maximum absolute atomic E-state index is 4.85. The molecule has 1 N–H and O–H groups in total. The molecule has 4 heteroatoms. The standard InChI is InChI=1S/C14H18BrN3/c1-3-18-13-5-4-11(15)6-12(13)17-14(18)9(2)10-7-16-8-10/h4-6,9-10,16H,3,7-8H2,1-2H3. The molecule has 0 spiro atoms. The fourth-order valence-electron chi connectivity index (χ4n) is 2.68. The van der Waals surface area contributed by atoms with Gasteiger partial charge in [0.1, 0.15) is 5.82 Å². The van der Waals surface area contributed by atoms with Gasteiger partial charge in [-0.15, -0.1) is 0 Å². The summed E-state index contributed by atoms with van der Waals surface area (Å²) in [6.45, 7) is 7.72. The van der Waals surface area contributed by atoms with E-state index in [9.17, 15) is 0 Å². The van der Waals surface area contributed by atoms with Crippen molar-refractivity contribution in [2.45, 2.75) is 26.3 Å². The van der Waals surface area contributed by atoms with Crippen molar-refractivity contribution in [2.24, 2.45) is 5.92 Å². The summed E-state index contributed by atoms with van der Waals surface area (Å²) in [5, 5.41) is 3.35. The second kappa shape index (κ2) is 4.67. The van der Waals surface area contributed by atoms with Crippen LogP contribution < -0.4 is 5.32 Å². The third kappa shape index (κ3) is 1.88. The van der Waals surface area contributed by atoms with E-state index >= 15 is 0 Å². The predicted molar refractivity (Wildman–Crippen MR) is 77.9 cm³/mol.